The van der Waals surface area contributed by atoms with Crippen LogP contribution in [-0.4, -0.2) is 31.3 Å². The second-order valence-electron chi connectivity index (χ2n) is 6.70. The smallest absolute Gasteiger partial charge is 0.0748 e. The summed E-state index contributed by atoms with van der Waals surface area (Å²) in [6.45, 7) is 12.1. The molecule has 1 heterocycles. The fourth-order valence-electron chi connectivity index (χ4n) is 2.59. The molecular weight excluding hydrogens is 284 g/mol. The summed E-state index contributed by atoms with van der Waals surface area (Å²) in [6, 6.07) is 6.17. The number of nitrogens with one attached hydrogen (secondary N) is 1. The lowest BCUT2D eigenvalue weighted by Crippen LogP contribution is -2.43. The number of para-hydroxylation sites is 1. The molecule has 1 aliphatic rings. The van der Waals surface area contributed by atoms with Crippen LogP contribution < -0.4 is 10.2 Å². The Kier molecular flexibility index (Phi) is 5.53. The molecule has 1 N–H and O–H groups in total. The lowest BCUT2D eigenvalue weighted by Gasteiger charge is -2.36. The predicted molar refractivity (Wildman–Crippen MR) is 90.3 cm³/mol. The van der Waals surface area contributed by atoms with Crippen molar-refractivity contribution in [1.82, 2.24) is 5.32 Å². The van der Waals surface area contributed by atoms with E-state index in [-0.39, 0.29) is 5.54 Å². The number of ether oxygens (including phenoxy) is 1. The van der Waals surface area contributed by atoms with Crippen molar-refractivity contribution in [3.05, 3.63) is 28.8 Å². The predicted octanol–water partition coefficient (Wildman–Crippen LogP) is 3.84. The van der Waals surface area contributed by atoms with Crippen LogP contribution in [0.1, 0.15) is 39.7 Å². The zero-order chi connectivity index (χ0) is 15.5. The summed E-state index contributed by atoms with van der Waals surface area (Å²) in [4.78, 5) is 2.37. The summed E-state index contributed by atoms with van der Waals surface area (Å²) >= 11 is 6.49. The van der Waals surface area contributed by atoms with Gasteiger partial charge in [0.2, 0.25) is 0 Å². The molecule has 0 aliphatic carbocycles. The van der Waals surface area contributed by atoms with E-state index in [0.29, 0.717) is 6.10 Å². The molecule has 1 aromatic carbocycles. The van der Waals surface area contributed by atoms with E-state index in [9.17, 15) is 0 Å². The van der Waals surface area contributed by atoms with Crippen molar-refractivity contribution in [2.45, 2.75) is 52.3 Å². The molecule has 0 amide bonds. The first-order valence-electron chi connectivity index (χ1n) is 7.79. The van der Waals surface area contributed by atoms with Gasteiger partial charge in [0.1, 0.15) is 0 Å². The quantitative estimate of drug-likeness (QED) is 0.914. The van der Waals surface area contributed by atoms with Crippen LogP contribution in [0.2, 0.25) is 5.02 Å². The van der Waals surface area contributed by atoms with Gasteiger partial charge in [-0.3, -0.25) is 0 Å². The van der Waals surface area contributed by atoms with Crippen molar-refractivity contribution in [3.63, 3.8) is 0 Å². The highest BCUT2D eigenvalue weighted by atomic mass is 35.5. The molecule has 2 rings (SSSR count). The summed E-state index contributed by atoms with van der Waals surface area (Å²) in [5, 5.41) is 4.39. The minimum atomic E-state index is 0.0938. The molecule has 1 aromatic rings. The van der Waals surface area contributed by atoms with Crippen LogP contribution in [0.4, 0.5) is 5.69 Å². The highest BCUT2D eigenvalue weighted by Gasteiger charge is 2.23. The van der Waals surface area contributed by atoms with Crippen molar-refractivity contribution < 1.29 is 4.74 Å². The normalized spacial score (nSPS) is 19.9. The summed E-state index contributed by atoms with van der Waals surface area (Å²) < 4.78 is 5.77. The Bertz CT molecular complexity index is 470. The molecule has 21 heavy (non-hydrogen) atoms. The van der Waals surface area contributed by atoms with Gasteiger partial charge < -0.3 is 15.0 Å². The zero-order valence-electron chi connectivity index (χ0n) is 13.6. The maximum Gasteiger partial charge on any atom is 0.0748 e. The monoisotopic (exact) mass is 310 g/mol. The van der Waals surface area contributed by atoms with Crippen LogP contribution in [0.5, 0.6) is 0 Å². The lowest BCUT2D eigenvalue weighted by molar-refractivity contribution is 0.0384. The van der Waals surface area contributed by atoms with E-state index < -0.39 is 0 Å². The first-order chi connectivity index (χ1) is 9.90. The highest BCUT2D eigenvalue weighted by Crippen LogP contribution is 2.31. The number of hydrogen-bond donors (Lipinski definition) is 1. The van der Waals surface area contributed by atoms with Crippen LogP contribution in [0.25, 0.3) is 0 Å². The fraction of sp³-hybridized carbons (Fsp3) is 0.647. The Labute approximate surface area is 133 Å². The minimum absolute atomic E-state index is 0.0938. The summed E-state index contributed by atoms with van der Waals surface area (Å²) in [6.07, 6.45) is 1.34. The summed E-state index contributed by atoms with van der Waals surface area (Å²) in [7, 11) is 0. The molecule has 0 spiro atoms. The number of benzene rings is 1. The Hall–Kier alpha value is -0.770. The molecular formula is C17H27ClN2O. The first-order valence-corrected chi connectivity index (χ1v) is 8.17. The van der Waals surface area contributed by atoms with Crippen LogP contribution in [0.3, 0.4) is 0 Å². The molecule has 3 nitrogen and oxygen atoms in total. The van der Waals surface area contributed by atoms with Crippen molar-refractivity contribution in [2.75, 3.05) is 24.6 Å². The lowest BCUT2D eigenvalue weighted by atomic mass is 10.1. The molecule has 4 heteroatoms. The number of rotatable bonds is 4. The molecule has 1 saturated heterocycles. The topological polar surface area (TPSA) is 24.5 Å². The van der Waals surface area contributed by atoms with Crippen molar-refractivity contribution >= 4 is 17.3 Å². The second kappa shape index (κ2) is 6.99. The van der Waals surface area contributed by atoms with Gasteiger partial charge in [-0.15, -0.1) is 0 Å². The van der Waals surface area contributed by atoms with E-state index in [0.717, 1.165) is 43.4 Å². The van der Waals surface area contributed by atoms with E-state index in [1.165, 1.54) is 5.56 Å². The van der Waals surface area contributed by atoms with Crippen molar-refractivity contribution in [3.8, 4) is 0 Å². The van der Waals surface area contributed by atoms with E-state index in [1.807, 2.05) is 12.1 Å². The first kappa shape index (κ1) is 16.6. The van der Waals surface area contributed by atoms with E-state index >= 15 is 0 Å². The van der Waals surface area contributed by atoms with E-state index in [1.54, 1.807) is 0 Å². The standard InChI is InChI=1S/C17H27ClN2O/c1-5-14-12-20(9-10-21-14)16-13(7-6-8-15(16)18)11-19-17(2,3)4/h6-8,14,19H,5,9-12H2,1-4H3. The van der Waals surface area contributed by atoms with E-state index in [4.69, 9.17) is 16.3 Å². The minimum Gasteiger partial charge on any atom is -0.375 e. The van der Waals surface area contributed by atoms with Gasteiger partial charge in [-0.2, -0.15) is 0 Å². The molecule has 1 atom stereocenters. The number of nitrogens with zero attached hydrogens (tertiary/aromatic N) is 1. The van der Waals surface area contributed by atoms with Crippen LogP contribution in [0, 0.1) is 0 Å². The van der Waals surface area contributed by atoms with Gasteiger partial charge in [-0.25, -0.2) is 0 Å². The summed E-state index contributed by atoms with van der Waals surface area (Å²) in [5.41, 5.74) is 2.52. The third kappa shape index (κ3) is 4.60. The van der Waals surface area contributed by atoms with Gasteiger partial charge >= 0.3 is 0 Å². The van der Waals surface area contributed by atoms with Crippen molar-refractivity contribution in [2.24, 2.45) is 0 Å². The number of halogens is 1. The molecule has 1 fully saturated rings. The third-order valence-electron chi connectivity index (χ3n) is 3.79. The SMILES string of the molecule is CCC1CN(c2c(Cl)cccc2CNC(C)(C)C)CCO1. The molecule has 1 unspecified atom stereocenters. The Morgan fingerprint density at radius 1 is 1.38 bits per heavy atom. The average molecular weight is 311 g/mol. The highest BCUT2D eigenvalue weighted by molar-refractivity contribution is 6.33. The van der Waals surface area contributed by atoms with Crippen LogP contribution >= 0.6 is 11.6 Å². The molecule has 118 valence electrons. The maximum absolute atomic E-state index is 6.49. The number of anilines is 1. The number of morpholine rings is 1. The van der Waals surface area contributed by atoms with Gasteiger partial charge in [-0.05, 0) is 38.8 Å². The molecule has 0 bridgehead atoms. The fourth-order valence-corrected chi connectivity index (χ4v) is 2.90. The molecule has 0 radical (unpaired) electrons. The van der Waals surface area contributed by atoms with Crippen LogP contribution in [0.15, 0.2) is 18.2 Å². The van der Waals surface area contributed by atoms with Gasteiger partial charge in [0.25, 0.3) is 0 Å². The largest absolute Gasteiger partial charge is 0.375 e. The molecule has 0 saturated carbocycles. The van der Waals surface area contributed by atoms with Crippen LogP contribution in [-0.2, 0) is 11.3 Å². The van der Waals surface area contributed by atoms with Gasteiger partial charge in [0, 0.05) is 25.2 Å². The molecule has 1 aliphatic heterocycles. The Morgan fingerprint density at radius 2 is 2.14 bits per heavy atom. The van der Waals surface area contributed by atoms with Gasteiger partial charge in [0.15, 0.2) is 0 Å². The third-order valence-corrected chi connectivity index (χ3v) is 4.09. The Balaban J connectivity index is 2.21. The van der Waals surface area contributed by atoms with Crippen molar-refractivity contribution in [1.29, 1.82) is 0 Å². The molecule has 0 aromatic heterocycles. The maximum atomic E-state index is 6.49. The van der Waals surface area contributed by atoms with E-state index in [2.05, 4.69) is 44.0 Å². The Morgan fingerprint density at radius 3 is 2.81 bits per heavy atom. The summed E-state index contributed by atoms with van der Waals surface area (Å²) in [5.74, 6) is 0. The number of hydrogen-bond acceptors (Lipinski definition) is 3. The zero-order valence-corrected chi connectivity index (χ0v) is 14.3. The second-order valence-corrected chi connectivity index (χ2v) is 7.11. The average Bonchev–Trinajstić information content (AvgIpc) is 2.44. The van der Waals surface area contributed by atoms with Gasteiger partial charge in [-0.1, -0.05) is 30.7 Å². The van der Waals surface area contributed by atoms with Gasteiger partial charge in [0.05, 0.1) is 23.4 Å².